The summed E-state index contributed by atoms with van der Waals surface area (Å²) in [7, 11) is 0. The zero-order chi connectivity index (χ0) is 15.9. The zero-order valence-corrected chi connectivity index (χ0v) is 13.2. The van der Waals surface area contributed by atoms with Crippen LogP contribution in [-0.4, -0.2) is 34.5 Å². The Balaban J connectivity index is 1.39. The van der Waals surface area contributed by atoms with E-state index in [1.807, 2.05) is 47.2 Å². The SMILES string of the molecule is O[C@@H](CNCc1nc(-c2ccsc2)no1)COc1ccccc1. The molecule has 3 rings (SSSR count). The number of aliphatic hydroxyl groups excluding tert-OH is 1. The van der Waals surface area contributed by atoms with E-state index in [9.17, 15) is 5.11 Å². The summed E-state index contributed by atoms with van der Waals surface area (Å²) in [4.78, 5) is 4.30. The van der Waals surface area contributed by atoms with Crippen molar-refractivity contribution in [2.75, 3.05) is 13.2 Å². The largest absolute Gasteiger partial charge is 0.491 e. The van der Waals surface area contributed by atoms with E-state index in [1.54, 1.807) is 11.3 Å². The predicted molar refractivity (Wildman–Crippen MR) is 87.3 cm³/mol. The summed E-state index contributed by atoms with van der Waals surface area (Å²) in [5, 5.41) is 20.8. The molecule has 2 aromatic heterocycles. The van der Waals surface area contributed by atoms with Crippen LogP contribution >= 0.6 is 11.3 Å². The molecule has 120 valence electrons. The predicted octanol–water partition coefficient (Wildman–Crippen LogP) is 2.33. The average Bonchev–Trinajstić information content (AvgIpc) is 3.25. The van der Waals surface area contributed by atoms with Crippen LogP contribution in [-0.2, 0) is 6.54 Å². The van der Waals surface area contributed by atoms with Gasteiger partial charge in [0.1, 0.15) is 18.5 Å². The molecule has 0 aliphatic heterocycles. The van der Waals surface area contributed by atoms with Gasteiger partial charge < -0.3 is 19.7 Å². The molecular weight excluding hydrogens is 314 g/mol. The Hall–Kier alpha value is -2.22. The summed E-state index contributed by atoms with van der Waals surface area (Å²) in [5.74, 6) is 1.81. The Kier molecular flexibility index (Phi) is 5.36. The summed E-state index contributed by atoms with van der Waals surface area (Å²) in [6, 6.07) is 11.3. The van der Waals surface area contributed by atoms with Crippen molar-refractivity contribution in [1.29, 1.82) is 0 Å². The molecule has 2 heterocycles. The second-order valence-corrected chi connectivity index (χ2v) is 5.71. The number of benzene rings is 1. The lowest BCUT2D eigenvalue weighted by Crippen LogP contribution is -2.31. The van der Waals surface area contributed by atoms with Crippen molar-refractivity contribution in [3.05, 3.63) is 53.0 Å². The first-order valence-corrected chi connectivity index (χ1v) is 8.17. The van der Waals surface area contributed by atoms with Crippen molar-refractivity contribution in [1.82, 2.24) is 15.5 Å². The zero-order valence-electron chi connectivity index (χ0n) is 12.4. The van der Waals surface area contributed by atoms with Crippen LogP contribution in [0.5, 0.6) is 5.75 Å². The van der Waals surface area contributed by atoms with Crippen molar-refractivity contribution in [2.24, 2.45) is 0 Å². The number of hydrogen-bond acceptors (Lipinski definition) is 7. The van der Waals surface area contributed by atoms with Gasteiger partial charge in [0.05, 0.1) is 6.54 Å². The first-order chi connectivity index (χ1) is 11.3. The summed E-state index contributed by atoms with van der Waals surface area (Å²) in [6.45, 7) is 1.00. The highest BCUT2D eigenvalue weighted by Gasteiger charge is 2.10. The molecule has 0 fully saturated rings. The van der Waals surface area contributed by atoms with Crippen LogP contribution in [0.2, 0.25) is 0 Å². The van der Waals surface area contributed by atoms with Gasteiger partial charge in [0.2, 0.25) is 11.7 Å². The number of para-hydroxylation sites is 1. The van der Waals surface area contributed by atoms with E-state index in [4.69, 9.17) is 9.26 Å². The van der Waals surface area contributed by atoms with Gasteiger partial charge in [-0.2, -0.15) is 16.3 Å². The van der Waals surface area contributed by atoms with Gasteiger partial charge in [0, 0.05) is 17.5 Å². The van der Waals surface area contributed by atoms with E-state index in [2.05, 4.69) is 15.5 Å². The summed E-state index contributed by atoms with van der Waals surface area (Å²) >= 11 is 1.58. The van der Waals surface area contributed by atoms with Gasteiger partial charge in [-0.15, -0.1) is 0 Å². The van der Waals surface area contributed by atoms with Crippen LogP contribution in [0.25, 0.3) is 11.4 Å². The lowest BCUT2D eigenvalue weighted by atomic mass is 10.3. The minimum absolute atomic E-state index is 0.223. The third-order valence-electron chi connectivity index (χ3n) is 3.09. The molecule has 7 heteroatoms. The normalized spacial score (nSPS) is 12.2. The highest BCUT2D eigenvalue weighted by Crippen LogP contribution is 2.18. The van der Waals surface area contributed by atoms with E-state index in [0.29, 0.717) is 24.8 Å². The van der Waals surface area contributed by atoms with Crippen LogP contribution in [0.3, 0.4) is 0 Å². The minimum Gasteiger partial charge on any atom is -0.491 e. The van der Waals surface area contributed by atoms with Gasteiger partial charge in [-0.05, 0) is 23.6 Å². The molecular formula is C16H17N3O3S. The van der Waals surface area contributed by atoms with E-state index in [-0.39, 0.29) is 6.61 Å². The molecule has 0 aliphatic rings. The third kappa shape index (κ3) is 4.62. The first kappa shape index (κ1) is 15.7. The molecule has 2 N–H and O–H groups in total. The Morgan fingerprint density at radius 2 is 2.13 bits per heavy atom. The highest BCUT2D eigenvalue weighted by atomic mass is 32.1. The molecule has 0 unspecified atom stereocenters. The van der Waals surface area contributed by atoms with Gasteiger partial charge in [0.15, 0.2) is 0 Å². The quantitative estimate of drug-likeness (QED) is 0.659. The fourth-order valence-electron chi connectivity index (χ4n) is 1.95. The monoisotopic (exact) mass is 331 g/mol. The van der Waals surface area contributed by atoms with Crippen molar-refractivity contribution < 1.29 is 14.4 Å². The van der Waals surface area contributed by atoms with Crippen LogP contribution in [0, 0.1) is 0 Å². The van der Waals surface area contributed by atoms with Crippen molar-refractivity contribution in [3.8, 4) is 17.1 Å². The van der Waals surface area contributed by atoms with Gasteiger partial charge in [-0.1, -0.05) is 23.4 Å². The number of thiophene rings is 1. The van der Waals surface area contributed by atoms with Crippen molar-refractivity contribution in [2.45, 2.75) is 12.6 Å². The lowest BCUT2D eigenvalue weighted by Gasteiger charge is -2.12. The van der Waals surface area contributed by atoms with Crippen LogP contribution in [0.15, 0.2) is 51.7 Å². The summed E-state index contributed by atoms with van der Waals surface area (Å²) < 4.78 is 10.7. The fraction of sp³-hybridized carbons (Fsp3) is 0.250. The minimum atomic E-state index is -0.616. The number of ether oxygens (including phenoxy) is 1. The van der Waals surface area contributed by atoms with Gasteiger partial charge >= 0.3 is 0 Å². The Morgan fingerprint density at radius 1 is 1.26 bits per heavy atom. The second-order valence-electron chi connectivity index (χ2n) is 4.93. The smallest absolute Gasteiger partial charge is 0.240 e. The van der Waals surface area contributed by atoms with Crippen molar-refractivity contribution >= 4 is 11.3 Å². The van der Waals surface area contributed by atoms with Crippen LogP contribution in [0.4, 0.5) is 0 Å². The molecule has 1 aromatic carbocycles. The Labute approximate surface area is 137 Å². The maximum atomic E-state index is 9.89. The number of hydrogen-bond donors (Lipinski definition) is 2. The maximum Gasteiger partial charge on any atom is 0.240 e. The molecule has 1 atom stereocenters. The van der Waals surface area contributed by atoms with Gasteiger partial charge in [-0.3, -0.25) is 0 Å². The Bertz CT molecular complexity index is 700. The molecule has 0 saturated carbocycles. The number of rotatable bonds is 8. The summed E-state index contributed by atoms with van der Waals surface area (Å²) in [5.41, 5.74) is 0.946. The second kappa shape index (κ2) is 7.87. The van der Waals surface area contributed by atoms with Crippen molar-refractivity contribution in [3.63, 3.8) is 0 Å². The fourth-order valence-corrected chi connectivity index (χ4v) is 2.58. The van der Waals surface area contributed by atoms with E-state index in [0.717, 1.165) is 11.3 Å². The molecule has 0 aliphatic carbocycles. The van der Waals surface area contributed by atoms with Gasteiger partial charge in [0.25, 0.3) is 0 Å². The average molecular weight is 331 g/mol. The molecule has 0 bridgehead atoms. The molecule has 6 nitrogen and oxygen atoms in total. The molecule has 0 saturated heterocycles. The molecule has 0 amide bonds. The third-order valence-corrected chi connectivity index (χ3v) is 3.77. The molecule has 0 radical (unpaired) electrons. The highest BCUT2D eigenvalue weighted by molar-refractivity contribution is 7.08. The summed E-state index contributed by atoms with van der Waals surface area (Å²) in [6.07, 6.45) is -0.616. The maximum absolute atomic E-state index is 9.89. The van der Waals surface area contributed by atoms with Crippen LogP contribution < -0.4 is 10.1 Å². The van der Waals surface area contributed by atoms with E-state index >= 15 is 0 Å². The number of aromatic nitrogens is 2. The van der Waals surface area contributed by atoms with E-state index < -0.39 is 6.10 Å². The standard InChI is InChI=1S/C16H17N3O3S/c20-13(10-21-14-4-2-1-3-5-14)8-17-9-15-18-16(19-22-15)12-6-7-23-11-12/h1-7,11,13,17,20H,8-10H2/t13-/m0/s1. The molecule has 23 heavy (non-hydrogen) atoms. The van der Waals surface area contributed by atoms with E-state index in [1.165, 1.54) is 0 Å². The number of nitrogens with one attached hydrogen (secondary N) is 1. The number of nitrogens with zero attached hydrogens (tertiary/aromatic N) is 2. The molecule has 0 spiro atoms. The topological polar surface area (TPSA) is 80.4 Å². The Morgan fingerprint density at radius 3 is 2.91 bits per heavy atom. The number of aliphatic hydroxyl groups is 1. The van der Waals surface area contributed by atoms with Gasteiger partial charge in [-0.25, -0.2) is 0 Å². The first-order valence-electron chi connectivity index (χ1n) is 7.23. The lowest BCUT2D eigenvalue weighted by molar-refractivity contribution is 0.105. The molecule has 3 aromatic rings. The van der Waals surface area contributed by atoms with Crippen LogP contribution in [0.1, 0.15) is 5.89 Å².